The molecule has 1 atom stereocenters. The number of allylic oxidation sites excluding steroid dienone is 3. The number of halogens is 1. The molecule has 0 amide bonds. The fourth-order valence-corrected chi connectivity index (χ4v) is 3.88. The van der Waals surface area contributed by atoms with Crippen molar-refractivity contribution in [3.05, 3.63) is 57.2 Å². The second-order valence-corrected chi connectivity index (χ2v) is 6.89. The van der Waals surface area contributed by atoms with E-state index in [1.165, 1.54) is 0 Å². The van der Waals surface area contributed by atoms with Gasteiger partial charge in [-0.25, -0.2) is 0 Å². The molecule has 1 aromatic heterocycles. The highest BCUT2D eigenvalue weighted by atomic mass is 79.9. The summed E-state index contributed by atoms with van der Waals surface area (Å²) >= 11 is 3.48. The number of nitrogens with two attached hydrogens (primary N) is 1. The molecule has 0 fully saturated rings. The lowest BCUT2D eigenvalue weighted by Gasteiger charge is -2.30. The summed E-state index contributed by atoms with van der Waals surface area (Å²) in [5.74, 6) is 0.262. The molecule has 120 valence electrons. The van der Waals surface area contributed by atoms with Gasteiger partial charge in [-0.05, 0) is 30.2 Å². The minimum Gasteiger partial charge on any atom is -0.444 e. The number of rotatable bonds is 1. The number of aromatic nitrogens is 1. The second-order valence-electron chi connectivity index (χ2n) is 5.97. The van der Waals surface area contributed by atoms with Crippen molar-refractivity contribution in [3.8, 4) is 6.07 Å². The maximum absolute atomic E-state index is 12.6. The van der Waals surface area contributed by atoms with Crippen LogP contribution in [0.3, 0.4) is 0 Å². The third kappa shape index (κ3) is 2.16. The zero-order chi connectivity index (χ0) is 16.8. The normalized spacial score (nSPS) is 20.8. The molecule has 0 radical (unpaired) electrons. The number of carbonyl (C=O) groups is 1. The van der Waals surface area contributed by atoms with E-state index in [2.05, 4.69) is 27.0 Å². The number of nitrogens with zero attached hydrogens (tertiary/aromatic N) is 1. The number of aromatic amines is 1. The fraction of sp³-hybridized carbons (Fsp3) is 0.222. The van der Waals surface area contributed by atoms with Crippen molar-refractivity contribution in [2.75, 3.05) is 0 Å². The molecule has 1 aromatic carbocycles. The summed E-state index contributed by atoms with van der Waals surface area (Å²) in [6.45, 7) is 0. The van der Waals surface area contributed by atoms with Gasteiger partial charge in [0.1, 0.15) is 17.4 Å². The molecule has 2 aromatic rings. The third-order valence-electron chi connectivity index (χ3n) is 4.59. The quantitative estimate of drug-likeness (QED) is 0.784. The number of ether oxygens (including phenoxy) is 1. The minimum absolute atomic E-state index is 0.0332. The zero-order valence-electron chi connectivity index (χ0n) is 12.7. The number of hydrogen-bond donors (Lipinski definition) is 2. The molecular formula is C18H14BrN3O2. The van der Waals surface area contributed by atoms with E-state index in [0.717, 1.165) is 27.4 Å². The number of carbonyl (C=O) groups excluding carboxylic acids is 1. The molecule has 0 spiro atoms. The first kappa shape index (κ1) is 15.0. The van der Waals surface area contributed by atoms with Crippen LogP contribution in [-0.4, -0.2) is 10.8 Å². The highest BCUT2D eigenvalue weighted by molar-refractivity contribution is 9.10. The van der Waals surface area contributed by atoms with E-state index in [1.807, 2.05) is 24.4 Å². The molecular weight excluding hydrogens is 370 g/mol. The van der Waals surface area contributed by atoms with Crippen molar-refractivity contribution in [2.45, 2.75) is 25.2 Å². The predicted octanol–water partition coefficient (Wildman–Crippen LogP) is 3.75. The Balaban J connectivity index is 1.99. The largest absolute Gasteiger partial charge is 0.444 e. The molecule has 1 aliphatic carbocycles. The van der Waals surface area contributed by atoms with E-state index in [9.17, 15) is 10.1 Å². The van der Waals surface area contributed by atoms with Crippen LogP contribution < -0.4 is 5.73 Å². The van der Waals surface area contributed by atoms with Gasteiger partial charge in [-0.2, -0.15) is 5.26 Å². The van der Waals surface area contributed by atoms with Crippen LogP contribution >= 0.6 is 15.9 Å². The number of nitriles is 1. The first-order chi connectivity index (χ1) is 11.6. The number of nitrogens with one attached hydrogen (secondary N) is 1. The van der Waals surface area contributed by atoms with Crippen molar-refractivity contribution in [1.82, 2.24) is 4.98 Å². The standard InChI is InChI=1S/C18H14BrN3O2/c19-9-4-5-13-10(6-9)12(8-22-13)16-11(7-20)18(21)24-15-3-1-2-14(23)17(15)16/h4-6,8,16,22H,1-3,21H2. The predicted molar refractivity (Wildman–Crippen MR) is 92.5 cm³/mol. The van der Waals surface area contributed by atoms with Crippen LogP contribution in [0.5, 0.6) is 0 Å². The Bertz CT molecular complexity index is 978. The van der Waals surface area contributed by atoms with Gasteiger partial charge in [0.25, 0.3) is 0 Å². The van der Waals surface area contributed by atoms with Gasteiger partial charge in [-0.1, -0.05) is 15.9 Å². The molecule has 24 heavy (non-hydrogen) atoms. The Morgan fingerprint density at radius 1 is 1.38 bits per heavy atom. The van der Waals surface area contributed by atoms with Gasteiger partial charge < -0.3 is 15.5 Å². The molecule has 1 unspecified atom stereocenters. The van der Waals surface area contributed by atoms with Gasteiger partial charge in [0.2, 0.25) is 5.88 Å². The number of ketones is 1. The average molecular weight is 384 g/mol. The van der Waals surface area contributed by atoms with Gasteiger partial charge in [-0.3, -0.25) is 4.79 Å². The first-order valence-corrected chi connectivity index (χ1v) is 8.50. The second kappa shape index (κ2) is 5.53. The van der Waals surface area contributed by atoms with E-state index < -0.39 is 5.92 Å². The van der Waals surface area contributed by atoms with Gasteiger partial charge in [0, 0.05) is 40.0 Å². The Labute approximate surface area is 146 Å². The van der Waals surface area contributed by atoms with Crippen molar-refractivity contribution < 1.29 is 9.53 Å². The molecule has 4 rings (SSSR count). The van der Waals surface area contributed by atoms with Crippen LogP contribution in [0.2, 0.25) is 0 Å². The molecule has 2 aliphatic rings. The Morgan fingerprint density at radius 2 is 2.21 bits per heavy atom. The summed E-state index contributed by atoms with van der Waals surface area (Å²) in [5, 5.41) is 10.6. The topological polar surface area (TPSA) is 91.9 Å². The van der Waals surface area contributed by atoms with Crippen molar-refractivity contribution in [3.63, 3.8) is 0 Å². The number of hydrogen-bond acceptors (Lipinski definition) is 4. The minimum atomic E-state index is -0.477. The number of fused-ring (bicyclic) bond motifs is 1. The maximum Gasteiger partial charge on any atom is 0.205 e. The van der Waals surface area contributed by atoms with Crippen LogP contribution in [0.4, 0.5) is 0 Å². The SMILES string of the molecule is N#CC1=C(N)OC2=C(C(=O)CCC2)C1c1c[nH]c2ccc(Br)cc12. The van der Waals surface area contributed by atoms with E-state index in [0.29, 0.717) is 29.7 Å². The number of H-pyrrole nitrogens is 1. The van der Waals surface area contributed by atoms with Crippen LogP contribution in [-0.2, 0) is 9.53 Å². The molecule has 0 saturated carbocycles. The molecule has 0 saturated heterocycles. The molecule has 3 N–H and O–H groups in total. The van der Waals surface area contributed by atoms with Crippen LogP contribution in [0.1, 0.15) is 30.7 Å². The lowest BCUT2D eigenvalue weighted by Crippen LogP contribution is -2.27. The molecule has 1 aliphatic heterocycles. The lowest BCUT2D eigenvalue weighted by atomic mass is 9.77. The number of benzene rings is 1. The van der Waals surface area contributed by atoms with E-state index >= 15 is 0 Å². The first-order valence-electron chi connectivity index (χ1n) is 7.70. The molecule has 2 heterocycles. The highest BCUT2D eigenvalue weighted by Gasteiger charge is 2.38. The summed E-state index contributed by atoms with van der Waals surface area (Å²) < 4.78 is 6.54. The summed E-state index contributed by atoms with van der Waals surface area (Å²) in [6, 6.07) is 8.02. The fourth-order valence-electron chi connectivity index (χ4n) is 3.52. The monoisotopic (exact) mass is 383 g/mol. The Morgan fingerprint density at radius 3 is 3.00 bits per heavy atom. The van der Waals surface area contributed by atoms with Crippen molar-refractivity contribution in [2.24, 2.45) is 5.73 Å². The Hall–Kier alpha value is -2.52. The Kier molecular flexibility index (Phi) is 3.47. The maximum atomic E-state index is 12.6. The highest BCUT2D eigenvalue weighted by Crippen LogP contribution is 2.45. The summed E-state index contributed by atoms with van der Waals surface area (Å²) in [6.07, 6.45) is 3.75. The third-order valence-corrected chi connectivity index (χ3v) is 5.08. The van der Waals surface area contributed by atoms with E-state index in [1.54, 1.807) is 0 Å². The lowest BCUT2D eigenvalue weighted by molar-refractivity contribution is -0.116. The number of Topliss-reactive ketones (excluding diaryl/α,β-unsaturated/α-hetero) is 1. The van der Waals surface area contributed by atoms with Gasteiger partial charge in [0.15, 0.2) is 5.78 Å². The van der Waals surface area contributed by atoms with E-state index in [4.69, 9.17) is 10.5 Å². The van der Waals surface area contributed by atoms with Crippen LogP contribution in [0, 0.1) is 11.3 Å². The average Bonchev–Trinajstić information content (AvgIpc) is 2.96. The molecule has 6 heteroatoms. The molecule has 0 bridgehead atoms. The smallest absolute Gasteiger partial charge is 0.205 e. The zero-order valence-corrected chi connectivity index (χ0v) is 14.3. The van der Waals surface area contributed by atoms with Crippen molar-refractivity contribution in [1.29, 1.82) is 5.26 Å². The van der Waals surface area contributed by atoms with Crippen LogP contribution in [0.15, 0.2) is 51.7 Å². The summed E-state index contributed by atoms with van der Waals surface area (Å²) in [7, 11) is 0. The van der Waals surface area contributed by atoms with Gasteiger partial charge in [-0.15, -0.1) is 0 Å². The van der Waals surface area contributed by atoms with Gasteiger partial charge in [0.05, 0.1) is 5.92 Å². The van der Waals surface area contributed by atoms with Crippen molar-refractivity contribution >= 4 is 32.6 Å². The summed E-state index contributed by atoms with van der Waals surface area (Å²) in [4.78, 5) is 15.8. The molecule has 5 nitrogen and oxygen atoms in total. The van der Waals surface area contributed by atoms with E-state index in [-0.39, 0.29) is 11.7 Å². The van der Waals surface area contributed by atoms with Crippen LogP contribution in [0.25, 0.3) is 10.9 Å². The van der Waals surface area contributed by atoms with Gasteiger partial charge >= 0.3 is 0 Å². The summed E-state index contributed by atoms with van der Waals surface area (Å²) in [5.41, 5.74) is 8.67.